The number of rotatable bonds is 4. The zero-order chi connectivity index (χ0) is 14.8. The Bertz CT molecular complexity index is 581. The van der Waals surface area contributed by atoms with Crippen LogP contribution >= 0.6 is 11.3 Å². The minimum atomic E-state index is -0.900. The molecule has 1 unspecified atom stereocenters. The Morgan fingerprint density at radius 1 is 1.45 bits per heavy atom. The summed E-state index contributed by atoms with van der Waals surface area (Å²) in [4.78, 5) is 19.0. The van der Waals surface area contributed by atoms with Crippen molar-refractivity contribution >= 4 is 17.4 Å². The maximum Gasteiger partial charge on any atom is 0.410 e. The number of aromatic nitrogens is 2. The zero-order valence-electron chi connectivity index (χ0n) is 11.1. The van der Waals surface area contributed by atoms with Crippen molar-refractivity contribution in [1.82, 2.24) is 9.97 Å². The maximum absolute atomic E-state index is 10.6. The molecule has 0 aliphatic rings. The van der Waals surface area contributed by atoms with Crippen molar-refractivity contribution < 1.29 is 14.6 Å². The Hall–Kier alpha value is -1.99. The van der Waals surface area contributed by atoms with E-state index in [4.69, 9.17) is 10.5 Å². The van der Waals surface area contributed by atoms with E-state index in [0.717, 1.165) is 5.01 Å². The molecule has 0 radical (unpaired) electrons. The number of aliphatic hydroxyl groups is 1. The van der Waals surface area contributed by atoms with Crippen LogP contribution in [0, 0.1) is 0 Å². The molecule has 0 fully saturated rings. The molecule has 0 saturated carbocycles. The summed E-state index contributed by atoms with van der Waals surface area (Å²) in [6, 6.07) is 3.13. The van der Waals surface area contributed by atoms with Crippen LogP contribution in [0.25, 0.3) is 0 Å². The SMILES string of the molecule is CC(C)(c1nccs1)C(O)c1ccc(OC(N)=O)cn1. The van der Waals surface area contributed by atoms with Crippen LogP contribution in [-0.4, -0.2) is 21.2 Å². The molecule has 0 spiro atoms. The number of primary amides is 1. The highest BCUT2D eigenvalue weighted by Gasteiger charge is 2.34. The van der Waals surface area contributed by atoms with Gasteiger partial charge in [0.05, 0.1) is 11.9 Å². The van der Waals surface area contributed by atoms with E-state index in [9.17, 15) is 9.90 Å². The Balaban J connectivity index is 2.21. The summed E-state index contributed by atoms with van der Waals surface area (Å²) in [5, 5.41) is 13.2. The lowest BCUT2D eigenvalue weighted by Gasteiger charge is -2.27. The van der Waals surface area contributed by atoms with Gasteiger partial charge in [-0.25, -0.2) is 9.78 Å². The minimum Gasteiger partial charge on any atom is -0.409 e. The number of nitrogens with two attached hydrogens (primary N) is 1. The van der Waals surface area contributed by atoms with E-state index in [1.165, 1.54) is 23.6 Å². The Morgan fingerprint density at radius 3 is 2.70 bits per heavy atom. The zero-order valence-corrected chi connectivity index (χ0v) is 11.9. The fourth-order valence-electron chi connectivity index (χ4n) is 1.76. The van der Waals surface area contributed by atoms with Crippen molar-refractivity contribution in [2.75, 3.05) is 0 Å². The van der Waals surface area contributed by atoms with Crippen LogP contribution in [0.2, 0.25) is 0 Å². The highest BCUT2D eigenvalue weighted by molar-refractivity contribution is 7.09. The molecule has 2 heterocycles. The summed E-state index contributed by atoms with van der Waals surface area (Å²) >= 11 is 1.48. The molecular weight excluding hydrogens is 278 g/mol. The molecule has 1 amide bonds. The van der Waals surface area contributed by atoms with Crippen molar-refractivity contribution in [3.8, 4) is 5.75 Å². The number of thiazole rings is 1. The molecule has 3 N–H and O–H groups in total. The van der Waals surface area contributed by atoms with E-state index < -0.39 is 17.6 Å². The first-order chi connectivity index (χ1) is 9.41. The molecule has 0 bridgehead atoms. The number of carbonyl (C=O) groups excluding carboxylic acids is 1. The number of amides is 1. The summed E-state index contributed by atoms with van der Waals surface area (Å²) in [7, 11) is 0. The highest BCUT2D eigenvalue weighted by Crippen LogP contribution is 2.37. The molecule has 20 heavy (non-hydrogen) atoms. The van der Waals surface area contributed by atoms with Gasteiger partial charge in [-0.3, -0.25) is 4.98 Å². The molecule has 2 rings (SSSR count). The van der Waals surface area contributed by atoms with E-state index in [0.29, 0.717) is 5.69 Å². The number of pyridine rings is 1. The van der Waals surface area contributed by atoms with Crippen LogP contribution < -0.4 is 10.5 Å². The highest BCUT2D eigenvalue weighted by atomic mass is 32.1. The smallest absolute Gasteiger partial charge is 0.409 e. The van der Waals surface area contributed by atoms with Gasteiger partial charge < -0.3 is 15.6 Å². The van der Waals surface area contributed by atoms with E-state index in [1.54, 1.807) is 12.3 Å². The molecule has 0 aromatic carbocycles. The van der Waals surface area contributed by atoms with Gasteiger partial charge in [0.1, 0.15) is 11.1 Å². The fourth-order valence-corrected chi connectivity index (χ4v) is 2.55. The van der Waals surface area contributed by atoms with Crippen molar-refractivity contribution in [3.63, 3.8) is 0 Å². The van der Waals surface area contributed by atoms with Gasteiger partial charge in [0.25, 0.3) is 0 Å². The van der Waals surface area contributed by atoms with E-state index in [2.05, 4.69) is 9.97 Å². The second kappa shape index (κ2) is 5.56. The predicted octanol–water partition coefficient (Wildman–Crippen LogP) is 2.01. The lowest BCUT2D eigenvalue weighted by molar-refractivity contribution is 0.0959. The number of ether oxygens (including phenoxy) is 1. The molecule has 7 heteroatoms. The molecule has 2 aromatic heterocycles. The summed E-state index contributed by atoms with van der Waals surface area (Å²) < 4.78 is 4.69. The van der Waals surface area contributed by atoms with Gasteiger partial charge in [-0.05, 0) is 12.1 Å². The Morgan fingerprint density at radius 2 is 2.20 bits per heavy atom. The summed E-state index contributed by atoms with van der Waals surface area (Å²) in [6.07, 6.45) is 1.33. The first-order valence-corrected chi connectivity index (χ1v) is 6.80. The van der Waals surface area contributed by atoms with Crippen molar-refractivity contribution in [2.24, 2.45) is 5.73 Å². The topological polar surface area (TPSA) is 98.3 Å². The quantitative estimate of drug-likeness (QED) is 0.898. The normalized spacial score (nSPS) is 12.9. The monoisotopic (exact) mass is 293 g/mol. The first-order valence-electron chi connectivity index (χ1n) is 5.92. The predicted molar refractivity (Wildman–Crippen MR) is 74.5 cm³/mol. The van der Waals surface area contributed by atoms with Gasteiger partial charge in [0.2, 0.25) is 0 Å². The molecule has 2 aromatic rings. The van der Waals surface area contributed by atoms with Crippen molar-refractivity contribution in [2.45, 2.75) is 25.4 Å². The summed E-state index contributed by atoms with van der Waals surface area (Å²) in [5.74, 6) is 0.237. The number of hydrogen-bond donors (Lipinski definition) is 2. The minimum absolute atomic E-state index is 0.237. The van der Waals surface area contributed by atoms with Gasteiger partial charge in [0.15, 0.2) is 5.75 Å². The van der Waals surface area contributed by atoms with Gasteiger partial charge in [-0.1, -0.05) is 13.8 Å². The maximum atomic E-state index is 10.6. The number of carbonyl (C=O) groups is 1. The van der Waals surface area contributed by atoms with Gasteiger partial charge >= 0.3 is 6.09 Å². The van der Waals surface area contributed by atoms with Gasteiger partial charge in [-0.2, -0.15) is 0 Å². The molecule has 6 nitrogen and oxygen atoms in total. The molecule has 106 valence electrons. The number of aliphatic hydroxyl groups excluding tert-OH is 1. The second-order valence-corrected chi connectivity index (χ2v) is 5.70. The van der Waals surface area contributed by atoms with Crippen LogP contribution in [0.5, 0.6) is 5.75 Å². The summed E-state index contributed by atoms with van der Waals surface area (Å²) in [5.41, 5.74) is 4.82. The molecule has 1 atom stereocenters. The van der Waals surface area contributed by atoms with Crippen LogP contribution in [0.4, 0.5) is 4.79 Å². The summed E-state index contributed by atoms with van der Waals surface area (Å²) in [6.45, 7) is 3.79. The van der Waals surface area contributed by atoms with Crippen LogP contribution in [-0.2, 0) is 5.41 Å². The third-order valence-corrected chi connectivity index (χ3v) is 4.04. The van der Waals surface area contributed by atoms with Crippen molar-refractivity contribution in [3.05, 3.63) is 40.6 Å². The van der Waals surface area contributed by atoms with E-state index >= 15 is 0 Å². The molecule has 0 saturated heterocycles. The lowest BCUT2D eigenvalue weighted by Crippen LogP contribution is -2.27. The van der Waals surface area contributed by atoms with Crippen LogP contribution in [0.3, 0.4) is 0 Å². The second-order valence-electron chi connectivity index (χ2n) is 4.80. The van der Waals surface area contributed by atoms with Gasteiger partial charge in [0, 0.05) is 17.0 Å². The van der Waals surface area contributed by atoms with Crippen LogP contribution in [0.1, 0.15) is 30.7 Å². The van der Waals surface area contributed by atoms with Crippen LogP contribution in [0.15, 0.2) is 29.9 Å². The number of hydrogen-bond acceptors (Lipinski definition) is 6. The average molecular weight is 293 g/mol. The van der Waals surface area contributed by atoms with E-state index in [1.807, 2.05) is 19.2 Å². The Labute approximate surface area is 120 Å². The third-order valence-electron chi connectivity index (χ3n) is 2.92. The lowest BCUT2D eigenvalue weighted by atomic mass is 9.85. The Kier molecular flexibility index (Phi) is 4.01. The molecular formula is C13H15N3O3S. The van der Waals surface area contributed by atoms with Crippen molar-refractivity contribution in [1.29, 1.82) is 0 Å². The molecule has 0 aliphatic heterocycles. The fraction of sp³-hybridized carbons (Fsp3) is 0.308. The largest absolute Gasteiger partial charge is 0.410 e. The van der Waals surface area contributed by atoms with E-state index in [-0.39, 0.29) is 5.75 Å². The third kappa shape index (κ3) is 2.94. The first kappa shape index (κ1) is 14.4. The van der Waals surface area contributed by atoms with Gasteiger partial charge in [-0.15, -0.1) is 11.3 Å². The number of nitrogens with zero attached hydrogens (tertiary/aromatic N) is 2. The standard InChI is InChI=1S/C13H15N3O3S/c1-13(2,11-15-5-6-20-11)10(17)9-4-3-8(7-16-9)19-12(14)18/h3-7,10,17H,1-2H3,(H2,14,18). The average Bonchev–Trinajstić information content (AvgIpc) is 2.92. The molecule has 0 aliphatic carbocycles.